The lowest BCUT2D eigenvalue weighted by Crippen LogP contribution is -2.19. The minimum absolute atomic E-state index is 0.0557. The van der Waals surface area contributed by atoms with Crippen molar-refractivity contribution < 1.29 is 19.1 Å². The molecule has 1 aromatic heterocycles. The average molecular weight is 228 g/mol. The van der Waals surface area contributed by atoms with Gasteiger partial charge >= 0.3 is 11.9 Å². The number of methoxy groups -OCH3 is 2. The van der Waals surface area contributed by atoms with E-state index in [9.17, 15) is 9.59 Å². The van der Waals surface area contributed by atoms with Gasteiger partial charge in [0.15, 0.2) is 5.69 Å². The summed E-state index contributed by atoms with van der Waals surface area (Å²) in [6.07, 6.45) is 0. The van der Waals surface area contributed by atoms with Crippen LogP contribution in [0.25, 0.3) is 0 Å². The fraction of sp³-hybridized carbons (Fsp3) is 0.500. The number of aromatic nitrogens is 3. The van der Waals surface area contributed by atoms with E-state index in [1.54, 1.807) is 0 Å². The van der Waals surface area contributed by atoms with E-state index in [1.807, 2.05) is 0 Å². The SMILES string of the molecule is COC(=O)c1nnn(CCN)c1C(=O)OC. The lowest BCUT2D eigenvalue weighted by Gasteiger charge is -2.03. The van der Waals surface area contributed by atoms with Crippen LogP contribution in [0.4, 0.5) is 0 Å². The maximum Gasteiger partial charge on any atom is 0.361 e. The Morgan fingerprint density at radius 3 is 2.44 bits per heavy atom. The molecular formula is C8H12N4O4. The van der Waals surface area contributed by atoms with Gasteiger partial charge in [-0.3, -0.25) is 0 Å². The van der Waals surface area contributed by atoms with Crippen molar-refractivity contribution in [2.45, 2.75) is 6.54 Å². The van der Waals surface area contributed by atoms with Crippen LogP contribution in [0, 0.1) is 0 Å². The molecule has 0 spiro atoms. The lowest BCUT2D eigenvalue weighted by molar-refractivity contribution is 0.0543. The van der Waals surface area contributed by atoms with Gasteiger partial charge in [-0.05, 0) is 0 Å². The molecule has 0 aliphatic carbocycles. The first-order chi connectivity index (χ1) is 7.65. The van der Waals surface area contributed by atoms with Crippen molar-refractivity contribution in [3.05, 3.63) is 11.4 Å². The second kappa shape index (κ2) is 5.21. The maximum absolute atomic E-state index is 11.4. The van der Waals surface area contributed by atoms with Crippen LogP contribution in [0.1, 0.15) is 21.0 Å². The molecule has 1 rings (SSSR count). The Morgan fingerprint density at radius 1 is 1.31 bits per heavy atom. The molecule has 0 aliphatic heterocycles. The number of hydrogen-bond donors (Lipinski definition) is 1. The van der Waals surface area contributed by atoms with Crippen LogP contribution in [0.3, 0.4) is 0 Å². The molecule has 88 valence electrons. The third-order valence-electron chi connectivity index (χ3n) is 1.83. The van der Waals surface area contributed by atoms with Crippen LogP contribution in [0.5, 0.6) is 0 Å². The largest absolute Gasteiger partial charge is 0.464 e. The Kier molecular flexibility index (Phi) is 3.95. The number of esters is 2. The van der Waals surface area contributed by atoms with Crippen LogP contribution in [-0.2, 0) is 16.0 Å². The lowest BCUT2D eigenvalue weighted by atomic mass is 10.3. The van der Waals surface area contributed by atoms with Crippen molar-refractivity contribution in [1.29, 1.82) is 0 Å². The second-order valence-corrected chi connectivity index (χ2v) is 2.78. The first kappa shape index (κ1) is 12.1. The first-order valence-electron chi connectivity index (χ1n) is 4.45. The highest BCUT2D eigenvalue weighted by atomic mass is 16.5. The number of rotatable bonds is 4. The molecule has 1 heterocycles. The van der Waals surface area contributed by atoms with Gasteiger partial charge in [-0.25, -0.2) is 14.3 Å². The normalized spacial score (nSPS) is 9.94. The van der Waals surface area contributed by atoms with Gasteiger partial charge in [0.2, 0.25) is 5.69 Å². The highest BCUT2D eigenvalue weighted by Gasteiger charge is 2.26. The number of nitrogens with two attached hydrogens (primary N) is 1. The van der Waals surface area contributed by atoms with Crippen molar-refractivity contribution in [3.8, 4) is 0 Å². The van der Waals surface area contributed by atoms with Gasteiger partial charge in [-0.2, -0.15) is 0 Å². The first-order valence-corrected chi connectivity index (χ1v) is 4.45. The predicted molar refractivity (Wildman–Crippen MR) is 51.8 cm³/mol. The van der Waals surface area contributed by atoms with Gasteiger partial charge in [0, 0.05) is 6.54 Å². The van der Waals surface area contributed by atoms with Crippen LogP contribution >= 0.6 is 0 Å². The predicted octanol–water partition coefficient (Wildman–Crippen LogP) is -1.19. The molecular weight excluding hydrogens is 216 g/mol. The van der Waals surface area contributed by atoms with E-state index in [0.717, 1.165) is 0 Å². The van der Waals surface area contributed by atoms with Crippen molar-refractivity contribution in [3.63, 3.8) is 0 Å². The molecule has 0 radical (unpaired) electrons. The summed E-state index contributed by atoms with van der Waals surface area (Å²) in [5.74, 6) is -1.46. The van der Waals surface area contributed by atoms with Gasteiger partial charge in [-0.1, -0.05) is 5.21 Å². The summed E-state index contributed by atoms with van der Waals surface area (Å²) >= 11 is 0. The summed E-state index contributed by atoms with van der Waals surface area (Å²) in [6.45, 7) is 0.516. The minimum Gasteiger partial charge on any atom is -0.464 e. The molecule has 0 aliphatic rings. The van der Waals surface area contributed by atoms with Crippen LogP contribution < -0.4 is 5.73 Å². The molecule has 8 nitrogen and oxygen atoms in total. The second-order valence-electron chi connectivity index (χ2n) is 2.78. The zero-order valence-electron chi connectivity index (χ0n) is 8.97. The molecule has 0 amide bonds. The Bertz CT molecular complexity index is 401. The van der Waals surface area contributed by atoms with Crippen molar-refractivity contribution in [2.75, 3.05) is 20.8 Å². The Labute approximate surface area is 91.3 Å². The van der Waals surface area contributed by atoms with E-state index < -0.39 is 11.9 Å². The number of carbonyl (C=O) groups excluding carboxylic acids is 2. The molecule has 0 fully saturated rings. The van der Waals surface area contributed by atoms with Gasteiger partial charge in [0.05, 0.1) is 20.8 Å². The average Bonchev–Trinajstić information content (AvgIpc) is 2.71. The third kappa shape index (κ3) is 2.16. The van der Waals surface area contributed by atoms with Gasteiger partial charge in [-0.15, -0.1) is 5.10 Å². The van der Waals surface area contributed by atoms with Gasteiger partial charge < -0.3 is 15.2 Å². The van der Waals surface area contributed by atoms with E-state index in [1.165, 1.54) is 18.9 Å². The van der Waals surface area contributed by atoms with Crippen LogP contribution in [0.2, 0.25) is 0 Å². The van der Waals surface area contributed by atoms with Crippen LogP contribution in [-0.4, -0.2) is 47.7 Å². The maximum atomic E-state index is 11.4. The molecule has 0 saturated heterocycles. The molecule has 16 heavy (non-hydrogen) atoms. The topological polar surface area (TPSA) is 109 Å². The van der Waals surface area contributed by atoms with Gasteiger partial charge in [0.1, 0.15) is 0 Å². The molecule has 1 aromatic rings. The molecule has 8 heteroatoms. The monoisotopic (exact) mass is 228 g/mol. The Hall–Kier alpha value is -1.96. The Balaban J connectivity index is 3.19. The van der Waals surface area contributed by atoms with Crippen LogP contribution in [0.15, 0.2) is 0 Å². The third-order valence-corrected chi connectivity index (χ3v) is 1.83. The van der Waals surface area contributed by atoms with E-state index in [4.69, 9.17) is 5.73 Å². The molecule has 0 unspecified atom stereocenters. The molecule has 0 aromatic carbocycles. The zero-order chi connectivity index (χ0) is 12.1. The number of ether oxygens (including phenoxy) is 2. The smallest absolute Gasteiger partial charge is 0.361 e. The molecule has 0 bridgehead atoms. The fourth-order valence-electron chi connectivity index (χ4n) is 1.12. The molecule has 0 saturated carbocycles. The summed E-state index contributed by atoms with van der Waals surface area (Å²) in [5, 5.41) is 7.19. The van der Waals surface area contributed by atoms with E-state index in [2.05, 4.69) is 19.8 Å². The number of nitrogens with zero attached hydrogens (tertiary/aromatic N) is 3. The number of hydrogen-bond acceptors (Lipinski definition) is 7. The Morgan fingerprint density at radius 2 is 1.94 bits per heavy atom. The standard InChI is InChI=1S/C8H12N4O4/c1-15-7(13)5-6(8(14)16-2)12(4-3-9)11-10-5/h3-4,9H2,1-2H3. The summed E-state index contributed by atoms with van der Waals surface area (Å²) < 4.78 is 10.2. The van der Waals surface area contributed by atoms with E-state index in [0.29, 0.717) is 0 Å². The fourth-order valence-corrected chi connectivity index (χ4v) is 1.12. The molecule has 2 N–H and O–H groups in total. The van der Waals surface area contributed by atoms with E-state index in [-0.39, 0.29) is 24.5 Å². The highest BCUT2D eigenvalue weighted by molar-refractivity contribution is 6.00. The quantitative estimate of drug-likeness (QED) is 0.645. The summed E-state index contributed by atoms with van der Waals surface area (Å²) in [6, 6.07) is 0. The van der Waals surface area contributed by atoms with Crippen molar-refractivity contribution in [2.24, 2.45) is 5.73 Å². The van der Waals surface area contributed by atoms with Crippen molar-refractivity contribution >= 4 is 11.9 Å². The highest BCUT2D eigenvalue weighted by Crippen LogP contribution is 2.08. The summed E-state index contributed by atoms with van der Waals surface area (Å²) in [7, 11) is 2.38. The number of carbonyl (C=O) groups is 2. The zero-order valence-corrected chi connectivity index (χ0v) is 8.97. The van der Waals surface area contributed by atoms with Gasteiger partial charge in [0.25, 0.3) is 0 Å². The van der Waals surface area contributed by atoms with E-state index >= 15 is 0 Å². The van der Waals surface area contributed by atoms with Crippen molar-refractivity contribution in [1.82, 2.24) is 15.0 Å². The summed E-state index contributed by atoms with van der Waals surface area (Å²) in [4.78, 5) is 22.7. The summed E-state index contributed by atoms with van der Waals surface area (Å²) in [5.41, 5.74) is 5.10. The molecule has 0 atom stereocenters. The minimum atomic E-state index is -0.747.